The normalized spacial score (nSPS) is 10.3. The average Bonchev–Trinajstić information content (AvgIpc) is 2.81. The third kappa shape index (κ3) is 3.08. The van der Waals surface area contributed by atoms with Crippen LogP contribution in [0.1, 0.15) is 10.4 Å². The zero-order valence-electron chi connectivity index (χ0n) is 8.93. The maximum absolute atomic E-state index is 8.63. The Bertz CT molecular complexity index is 406. The summed E-state index contributed by atoms with van der Waals surface area (Å²) in [6.07, 6.45) is 0.970. The molecule has 0 bridgehead atoms. The van der Waals surface area contributed by atoms with E-state index in [1.807, 2.05) is 12.1 Å². The molecule has 0 unspecified atom stereocenters. The van der Waals surface area contributed by atoms with Crippen LogP contribution in [0.15, 0.2) is 41.8 Å². The molecule has 1 N–H and O–H groups in total. The monoisotopic (exact) mass is 234 g/mol. The minimum absolute atomic E-state index is 0.0525. The van der Waals surface area contributed by atoms with E-state index in [1.165, 1.54) is 10.4 Å². The molecule has 84 valence electrons. The Kier molecular flexibility index (Phi) is 3.97. The van der Waals surface area contributed by atoms with Crippen LogP contribution in [-0.4, -0.2) is 18.3 Å². The van der Waals surface area contributed by atoms with Gasteiger partial charge in [-0.05, 0) is 29.1 Å². The van der Waals surface area contributed by atoms with E-state index in [4.69, 9.17) is 9.84 Å². The molecule has 0 aliphatic carbocycles. The minimum Gasteiger partial charge on any atom is -0.491 e. The summed E-state index contributed by atoms with van der Waals surface area (Å²) in [6, 6.07) is 12.2. The molecule has 0 radical (unpaired) electrons. The highest BCUT2D eigenvalue weighted by Gasteiger charge is 1.98. The predicted octanol–water partition coefficient (Wildman–Crippen LogP) is 2.71. The molecule has 16 heavy (non-hydrogen) atoms. The van der Waals surface area contributed by atoms with E-state index in [-0.39, 0.29) is 6.61 Å². The zero-order valence-corrected chi connectivity index (χ0v) is 9.74. The number of hydrogen-bond acceptors (Lipinski definition) is 3. The van der Waals surface area contributed by atoms with Gasteiger partial charge in [-0.3, -0.25) is 0 Å². The van der Waals surface area contributed by atoms with Gasteiger partial charge < -0.3 is 9.84 Å². The molecular formula is C13H14O2S. The smallest absolute Gasteiger partial charge is 0.119 e. The van der Waals surface area contributed by atoms with Crippen molar-refractivity contribution in [1.29, 1.82) is 0 Å². The highest BCUT2D eigenvalue weighted by atomic mass is 32.1. The predicted molar refractivity (Wildman–Crippen MR) is 66.1 cm³/mol. The van der Waals surface area contributed by atoms with Gasteiger partial charge in [-0.2, -0.15) is 0 Å². The Morgan fingerprint density at radius 1 is 1.12 bits per heavy atom. The van der Waals surface area contributed by atoms with E-state index in [0.29, 0.717) is 6.61 Å². The van der Waals surface area contributed by atoms with Crippen LogP contribution in [0.3, 0.4) is 0 Å². The van der Waals surface area contributed by atoms with Crippen LogP contribution >= 0.6 is 11.3 Å². The van der Waals surface area contributed by atoms with E-state index in [1.54, 1.807) is 11.3 Å². The number of rotatable bonds is 5. The van der Waals surface area contributed by atoms with Gasteiger partial charge in [-0.1, -0.05) is 18.2 Å². The largest absolute Gasteiger partial charge is 0.491 e. The standard InChI is InChI=1S/C13H14O2S/c14-7-8-15-12-5-3-11(4-6-12)10-13-2-1-9-16-13/h1-6,9,14H,7-8,10H2. The first-order valence-corrected chi connectivity index (χ1v) is 6.11. The fourth-order valence-corrected chi connectivity index (χ4v) is 2.22. The Hall–Kier alpha value is -1.32. The van der Waals surface area contributed by atoms with Crippen molar-refractivity contribution in [2.75, 3.05) is 13.2 Å². The fourth-order valence-electron chi connectivity index (χ4n) is 1.48. The van der Waals surface area contributed by atoms with Gasteiger partial charge in [0.15, 0.2) is 0 Å². The molecule has 0 saturated carbocycles. The van der Waals surface area contributed by atoms with Gasteiger partial charge in [0.25, 0.3) is 0 Å². The zero-order chi connectivity index (χ0) is 11.2. The molecule has 2 nitrogen and oxygen atoms in total. The van der Waals surface area contributed by atoms with Crippen molar-refractivity contribution in [3.05, 3.63) is 52.2 Å². The summed E-state index contributed by atoms with van der Waals surface area (Å²) < 4.78 is 5.30. The molecule has 0 aliphatic rings. The summed E-state index contributed by atoms with van der Waals surface area (Å²) in [4.78, 5) is 1.36. The van der Waals surface area contributed by atoms with E-state index in [0.717, 1.165) is 12.2 Å². The van der Waals surface area contributed by atoms with E-state index >= 15 is 0 Å². The highest BCUT2D eigenvalue weighted by Crippen LogP contribution is 2.17. The van der Waals surface area contributed by atoms with Gasteiger partial charge in [0.1, 0.15) is 12.4 Å². The van der Waals surface area contributed by atoms with Gasteiger partial charge in [0, 0.05) is 11.3 Å². The third-order valence-corrected chi connectivity index (χ3v) is 3.12. The topological polar surface area (TPSA) is 29.5 Å². The average molecular weight is 234 g/mol. The minimum atomic E-state index is 0.0525. The summed E-state index contributed by atoms with van der Waals surface area (Å²) in [5.41, 5.74) is 1.28. The first-order valence-electron chi connectivity index (χ1n) is 5.23. The molecule has 0 atom stereocenters. The van der Waals surface area contributed by atoms with Crippen LogP contribution in [0.25, 0.3) is 0 Å². The summed E-state index contributed by atoms with van der Waals surface area (Å²) in [7, 11) is 0. The molecule has 0 saturated heterocycles. The molecule has 0 amide bonds. The fraction of sp³-hybridized carbons (Fsp3) is 0.231. The van der Waals surface area contributed by atoms with Gasteiger partial charge >= 0.3 is 0 Å². The van der Waals surface area contributed by atoms with Crippen LogP contribution in [0.4, 0.5) is 0 Å². The molecule has 0 aliphatic heterocycles. The van der Waals surface area contributed by atoms with Crippen LogP contribution in [-0.2, 0) is 6.42 Å². The highest BCUT2D eigenvalue weighted by molar-refractivity contribution is 7.09. The van der Waals surface area contributed by atoms with Crippen molar-refractivity contribution in [2.24, 2.45) is 0 Å². The van der Waals surface area contributed by atoms with Gasteiger partial charge in [0.05, 0.1) is 6.61 Å². The lowest BCUT2D eigenvalue weighted by Gasteiger charge is -2.05. The van der Waals surface area contributed by atoms with Gasteiger partial charge in [0.2, 0.25) is 0 Å². The molecule has 2 aromatic rings. The van der Waals surface area contributed by atoms with E-state index in [2.05, 4.69) is 29.6 Å². The van der Waals surface area contributed by atoms with Crippen LogP contribution < -0.4 is 4.74 Å². The van der Waals surface area contributed by atoms with Crippen molar-refractivity contribution < 1.29 is 9.84 Å². The second kappa shape index (κ2) is 5.68. The van der Waals surface area contributed by atoms with Crippen molar-refractivity contribution in [3.8, 4) is 5.75 Å². The van der Waals surface area contributed by atoms with Crippen LogP contribution in [0, 0.1) is 0 Å². The second-order valence-corrected chi connectivity index (χ2v) is 4.50. The molecule has 0 spiro atoms. The first-order chi connectivity index (χ1) is 7.88. The maximum atomic E-state index is 8.63. The summed E-state index contributed by atoms with van der Waals surface area (Å²) in [5.74, 6) is 0.809. The first kappa shape index (κ1) is 11.2. The SMILES string of the molecule is OCCOc1ccc(Cc2cccs2)cc1. The quantitative estimate of drug-likeness (QED) is 0.862. The molecule has 1 aromatic carbocycles. The number of aliphatic hydroxyl groups is 1. The van der Waals surface area contributed by atoms with Crippen LogP contribution in [0.5, 0.6) is 5.75 Å². The van der Waals surface area contributed by atoms with Gasteiger partial charge in [-0.15, -0.1) is 11.3 Å². The van der Waals surface area contributed by atoms with E-state index < -0.39 is 0 Å². The van der Waals surface area contributed by atoms with Crippen LogP contribution in [0.2, 0.25) is 0 Å². The molecule has 0 fully saturated rings. The lowest BCUT2D eigenvalue weighted by atomic mass is 10.1. The van der Waals surface area contributed by atoms with Crippen molar-refractivity contribution >= 4 is 11.3 Å². The summed E-state index contributed by atoms with van der Waals surface area (Å²) in [5, 5.41) is 10.7. The Balaban J connectivity index is 1.96. The molecule has 1 heterocycles. The van der Waals surface area contributed by atoms with Crippen molar-refractivity contribution in [3.63, 3.8) is 0 Å². The number of hydrogen-bond donors (Lipinski definition) is 1. The number of benzene rings is 1. The Morgan fingerprint density at radius 3 is 2.56 bits per heavy atom. The van der Waals surface area contributed by atoms with Crippen molar-refractivity contribution in [1.82, 2.24) is 0 Å². The second-order valence-electron chi connectivity index (χ2n) is 3.47. The number of thiophene rings is 1. The maximum Gasteiger partial charge on any atom is 0.119 e. The molecule has 1 aromatic heterocycles. The Labute approximate surface area is 99.1 Å². The molecule has 2 rings (SSSR count). The lowest BCUT2D eigenvalue weighted by Crippen LogP contribution is -2.01. The van der Waals surface area contributed by atoms with E-state index in [9.17, 15) is 0 Å². The summed E-state index contributed by atoms with van der Waals surface area (Å²) >= 11 is 1.77. The molecule has 3 heteroatoms. The number of ether oxygens (including phenoxy) is 1. The van der Waals surface area contributed by atoms with Crippen molar-refractivity contribution in [2.45, 2.75) is 6.42 Å². The summed E-state index contributed by atoms with van der Waals surface area (Å²) in [6.45, 7) is 0.404. The third-order valence-electron chi connectivity index (χ3n) is 2.24. The molecular weight excluding hydrogens is 220 g/mol. The van der Waals surface area contributed by atoms with Gasteiger partial charge in [-0.25, -0.2) is 0 Å². The number of aliphatic hydroxyl groups excluding tert-OH is 1. The Morgan fingerprint density at radius 2 is 1.94 bits per heavy atom. The lowest BCUT2D eigenvalue weighted by molar-refractivity contribution is 0.201.